The highest BCUT2D eigenvalue weighted by atomic mass is 16.7. The molecule has 3 N–H and O–H groups in total. The molecular formula is C44H78N2O12. The number of likely N-dealkylation sites (N-methyl/N-ethyl adjacent to an activating group) is 1. The van der Waals surface area contributed by atoms with Gasteiger partial charge < -0.3 is 58.3 Å². The number of terminal acetylenes is 1. The van der Waals surface area contributed by atoms with Gasteiger partial charge >= 0.3 is 11.9 Å². The predicted octanol–water partition coefficient (Wildman–Crippen LogP) is 4.14. The van der Waals surface area contributed by atoms with Crippen LogP contribution >= 0.6 is 0 Å². The van der Waals surface area contributed by atoms with Gasteiger partial charge in [0.1, 0.15) is 17.8 Å². The highest BCUT2D eigenvalue weighted by Crippen LogP contribution is 2.41. The Kier molecular flexibility index (Phi) is 18.1. The number of methoxy groups -OCH3 is 1. The number of rotatable bonds is 10. The highest BCUT2D eigenvalue weighted by Gasteiger charge is 2.53. The molecule has 0 spiro atoms. The lowest BCUT2D eigenvalue weighted by molar-refractivity contribution is -0.318. The van der Waals surface area contributed by atoms with Gasteiger partial charge in [0.05, 0.1) is 47.6 Å². The SMILES string of the molecule is C#CCC[C@@H]1[C@@H](C)N(C)C[C@H](C)C[C@@](C)(O)[C@H](O[C@@H]2O[C@H](C)C[C@H](N(C)C)[C@H]2OC(C)=O)[C@@H](C)[C@H](O[C@H]2C[C@@](C)(OC)[C@@H](O)[C@H](C)O2)[C@@H](C)C(=O)O[C@H](CC)[C@@]1(C)O. The van der Waals surface area contributed by atoms with E-state index < -0.39 is 89.8 Å². The van der Waals surface area contributed by atoms with Crippen LogP contribution in [0.1, 0.15) is 115 Å². The van der Waals surface area contributed by atoms with Crippen LogP contribution in [0.3, 0.4) is 0 Å². The van der Waals surface area contributed by atoms with Gasteiger partial charge in [-0.05, 0) is 101 Å². The zero-order valence-electron chi connectivity index (χ0n) is 38.1. The number of cyclic esters (lactones) is 1. The summed E-state index contributed by atoms with van der Waals surface area (Å²) in [6.07, 6.45) is 0.221. The van der Waals surface area contributed by atoms with Crippen molar-refractivity contribution >= 4 is 11.9 Å². The fourth-order valence-corrected chi connectivity index (χ4v) is 9.93. The van der Waals surface area contributed by atoms with Gasteiger partial charge in [0.2, 0.25) is 0 Å². The first-order chi connectivity index (χ1) is 26.8. The van der Waals surface area contributed by atoms with Crippen LogP contribution < -0.4 is 0 Å². The topological polar surface area (TPSA) is 166 Å². The van der Waals surface area contributed by atoms with Crippen LogP contribution in [0.2, 0.25) is 0 Å². The van der Waals surface area contributed by atoms with Crippen molar-refractivity contribution in [2.45, 2.75) is 199 Å². The van der Waals surface area contributed by atoms with Crippen molar-refractivity contribution in [1.29, 1.82) is 0 Å². The second-order valence-electron chi connectivity index (χ2n) is 18.7. The first-order valence-electron chi connectivity index (χ1n) is 21.3. The van der Waals surface area contributed by atoms with E-state index in [4.69, 9.17) is 39.6 Å². The maximum atomic E-state index is 14.6. The van der Waals surface area contributed by atoms with Crippen LogP contribution in [0.15, 0.2) is 0 Å². The number of hydrogen-bond donors (Lipinski definition) is 3. The maximum absolute atomic E-state index is 14.6. The molecule has 0 radical (unpaired) electrons. The summed E-state index contributed by atoms with van der Waals surface area (Å²) in [5.74, 6) is -0.610. The van der Waals surface area contributed by atoms with Crippen molar-refractivity contribution in [3.63, 3.8) is 0 Å². The van der Waals surface area contributed by atoms with Crippen LogP contribution in [0.5, 0.6) is 0 Å². The van der Waals surface area contributed by atoms with Gasteiger partial charge in [-0.3, -0.25) is 9.59 Å². The lowest BCUT2D eigenvalue weighted by Crippen LogP contribution is -2.61. The third-order valence-electron chi connectivity index (χ3n) is 13.4. The third kappa shape index (κ3) is 11.9. The number of esters is 2. The van der Waals surface area contributed by atoms with Gasteiger partial charge in [0.15, 0.2) is 18.7 Å². The summed E-state index contributed by atoms with van der Waals surface area (Å²) >= 11 is 0. The number of hydrogen-bond acceptors (Lipinski definition) is 14. The monoisotopic (exact) mass is 827 g/mol. The minimum absolute atomic E-state index is 0.0998. The Hall–Kier alpha value is -1.90. The standard InChI is InChI=1S/C44H78N2O12/c1-17-19-20-32-29(7)46(15)24-25(3)22-42(10,50)39(58-41-37(55-31(9)47)33(45(13)14)21-26(4)53-41)27(5)36(28(6)40(49)56-34(18-2)44(32,12)51)57-35-23-43(11,52-16)38(48)30(8)54-35/h1,25-30,32-39,41,48,50-51H,18-24H2,2-16H3/t25-,26-,27+,28-,29-,30+,32-,33+,34-,35+,36+,37-,38+,39-,41+,42-,43-,44+/m1/s1. The number of aliphatic hydroxyl groups excluding tert-OH is 1. The molecule has 14 nitrogen and oxygen atoms in total. The molecule has 0 aromatic rings. The molecule has 0 unspecified atom stereocenters. The Morgan fingerprint density at radius 1 is 1.03 bits per heavy atom. The number of nitrogens with zero attached hydrogens (tertiary/aromatic N) is 2. The predicted molar refractivity (Wildman–Crippen MR) is 219 cm³/mol. The van der Waals surface area contributed by atoms with Crippen LogP contribution in [0, 0.1) is 36.0 Å². The van der Waals surface area contributed by atoms with E-state index in [0.29, 0.717) is 32.2 Å². The Labute approximate surface area is 348 Å². The van der Waals surface area contributed by atoms with Crippen molar-refractivity contribution in [2.75, 3.05) is 34.8 Å². The fraction of sp³-hybridized carbons (Fsp3) is 0.909. The van der Waals surface area contributed by atoms with Gasteiger partial charge in [-0.15, -0.1) is 12.3 Å². The zero-order chi connectivity index (χ0) is 44.1. The summed E-state index contributed by atoms with van der Waals surface area (Å²) in [5, 5.41) is 36.2. The summed E-state index contributed by atoms with van der Waals surface area (Å²) < 4.78 is 44.4. The van der Waals surface area contributed by atoms with Gasteiger partial charge in [-0.25, -0.2) is 0 Å². The minimum atomic E-state index is -1.56. The van der Waals surface area contributed by atoms with E-state index in [0.717, 1.165) is 0 Å². The van der Waals surface area contributed by atoms with E-state index >= 15 is 0 Å². The summed E-state index contributed by atoms with van der Waals surface area (Å²) in [4.78, 5) is 31.2. The van der Waals surface area contributed by atoms with Crippen molar-refractivity contribution in [1.82, 2.24) is 9.80 Å². The van der Waals surface area contributed by atoms with Gasteiger partial charge in [-0.2, -0.15) is 0 Å². The molecule has 0 aromatic carbocycles. The molecule has 0 amide bonds. The van der Waals surface area contributed by atoms with Gasteiger partial charge in [0.25, 0.3) is 0 Å². The molecule has 3 aliphatic rings. The number of aliphatic hydroxyl groups is 3. The molecule has 3 rings (SSSR count). The number of carbonyl (C=O) groups is 2. The van der Waals surface area contributed by atoms with E-state index in [-0.39, 0.29) is 42.9 Å². The van der Waals surface area contributed by atoms with Crippen molar-refractivity contribution in [3.05, 3.63) is 0 Å². The first kappa shape index (κ1) is 50.5. The molecule has 3 saturated heterocycles. The lowest BCUT2D eigenvalue weighted by Gasteiger charge is -2.49. The average Bonchev–Trinajstić information content (AvgIpc) is 3.12. The first-order valence-corrected chi connectivity index (χ1v) is 21.3. The molecule has 58 heavy (non-hydrogen) atoms. The summed E-state index contributed by atoms with van der Waals surface area (Å²) in [6, 6.07) is -0.444. The van der Waals surface area contributed by atoms with Crippen LogP contribution in [-0.2, 0) is 42.7 Å². The van der Waals surface area contributed by atoms with Gasteiger partial charge in [0, 0.05) is 51.3 Å². The number of ether oxygens (including phenoxy) is 7. The third-order valence-corrected chi connectivity index (χ3v) is 13.4. The second-order valence-corrected chi connectivity index (χ2v) is 18.7. The van der Waals surface area contributed by atoms with Crippen molar-refractivity contribution in [2.24, 2.45) is 23.7 Å². The Morgan fingerprint density at radius 2 is 1.67 bits per heavy atom. The van der Waals surface area contributed by atoms with E-state index in [1.807, 2.05) is 53.7 Å². The van der Waals surface area contributed by atoms with Gasteiger partial charge in [-0.1, -0.05) is 20.8 Å². The van der Waals surface area contributed by atoms with Crippen LogP contribution in [-0.4, -0.2) is 156 Å². The lowest BCUT2D eigenvalue weighted by atomic mass is 9.75. The summed E-state index contributed by atoms with van der Waals surface area (Å²) in [5.41, 5.74) is -4.05. The molecule has 3 aliphatic heterocycles. The van der Waals surface area contributed by atoms with E-state index in [1.165, 1.54) is 14.0 Å². The quantitative estimate of drug-likeness (QED) is 0.213. The van der Waals surface area contributed by atoms with E-state index in [2.05, 4.69) is 17.7 Å². The molecule has 0 saturated carbocycles. The molecule has 0 aliphatic carbocycles. The molecule has 0 aromatic heterocycles. The maximum Gasteiger partial charge on any atom is 0.311 e. The zero-order valence-corrected chi connectivity index (χ0v) is 38.1. The molecular weight excluding hydrogens is 748 g/mol. The Morgan fingerprint density at radius 3 is 2.22 bits per heavy atom. The number of carbonyl (C=O) groups excluding carboxylic acids is 2. The molecule has 3 fully saturated rings. The largest absolute Gasteiger partial charge is 0.459 e. The highest BCUT2D eigenvalue weighted by molar-refractivity contribution is 5.73. The molecule has 18 atom stereocenters. The molecule has 336 valence electrons. The smallest absolute Gasteiger partial charge is 0.311 e. The summed E-state index contributed by atoms with van der Waals surface area (Å²) in [7, 11) is 7.32. The molecule has 0 bridgehead atoms. The van der Waals surface area contributed by atoms with Crippen molar-refractivity contribution < 1.29 is 58.1 Å². The molecule has 3 heterocycles. The van der Waals surface area contributed by atoms with Crippen LogP contribution in [0.25, 0.3) is 0 Å². The fourth-order valence-electron chi connectivity index (χ4n) is 9.93. The molecule has 14 heteroatoms. The Balaban J connectivity index is 2.25. The van der Waals surface area contributed by atoms with Crippen LogP contribution in [0.4, 0.5) is 0 Å². The minimum Gasteiger partial charge on any atom is -0.459 e. The normalized spacial score (nSPS) is 45.4. The van der Waals surface area contributed by atoms with E-state index in [9.17, 15) is 24.9 Å². The second kappa shape index (κ2) is 20.8. The average molecular weight is 827 g/mol. The summed E-state index contributed by atoms with van der Waals surface area (Å²) in [6.45, 7) is 20.3. The van der Waals surface area contributed by atoms with E-state index in [1.54, 1.807) is 34.6 Å². The Bertz CT molecular complexity index is 1370. The van der Waals surface area contributed by atoms with Crippen molar-refractivity contribution in [3.8, 4) is 12.3 Å².